The van der Waals surface area contributed by atoms with Gasteiger partial charge in [0.15, 0.2) is 0 Å². The van der Waals surface area contributed by atoms with E-state index in [4.69, 9.17) is 0 Å². The molecule has 0 saturated carbocycles. The number of hydrogen-bond acceptors (Lipinski definition) is 4. The van der Waals surface area contributed by atoms with Gasteiger partial charge in [-0.05, 0) is 48.6 Å². The highest BCUT2D eigenvalue weighted by Gasteiger charge is 2.17. The molecule has 1 aromatic carbocycles. The molecule has 0 aliphatic rings. The number of sulfonamides is 1. The molecule has 2 rings (SSSR count). The summed E-state index contributed by atoms with van der Waals surface area (Å²) in [6.07, 6.45) is -0.415. The van der Waals surface area contributed by atoms with E-state index in [0.29, 0.717) is 5.56 Å². The first-order valence-electron chi connectivity index (χ1n) is 6.37. The van der Waals surface area contributed by atoms with Gasteiger partial charge in [0.2, 0.25) is 10.0 Å². The largest absolute Gasteiger partial charge is 0.388 e. The van der Waals surface area contributed by atoms with E-state index in [9.17, 15) is 17.9 Å². The number of benzene rings is 1. The molecule has 2 N–H and O–H groups in total. The Morgan fingerprint density at radius 3 is 2.76 bits per heavy atom. The molecule has 0 aliphatic carbocycles. The average molecular weight is 329 g/mol. The van der Waals surface area contributed by atoms with Crippen LogP contribution in [0.4, 0.5) is 4.39 Å². The third-order valence-electron chi connectivity index (χ3n) is 3.01. The molecule has 0 amide bonds. The third-order valence-corrected chi connectivity index (χ3v) is 5.60. The molecule has 7 heteroatoms. The van der Waals surface area contributed by atoms with Crippen LogP contribution in [0.15, 0.2) is 40.6 Å². The van der Waals surface area contributed by atoms with Gasteiger partial charge in [-0.1, -0.05) is 6.07 Å². The van der Waals surface area contributed by atoms with Crippen LogP contribution in [-0.2, 0) is 10.0 Å². The summed E-state index contributed by atoms with van der Waals surface area (Å²) in [4.78, 5) is 0.849. The first-order chi connectivity index (χ1) is 9.90. The second kappa shape index (κ2) is 6.65. The molecule has 4 nitrogen and oxygen atoms in total. The molecule has 0 aliphatic heterocycles. The summed E-state index contributed by atoms with van der Waals surface area (Å²) in [6.45, 7) is 1.65. The van der Waals surface area contributed by atoms with Crippen molar-refractivity contribution >= 4 is 21.4 Å². The Bertz CT molecular complexity index is 699. The SMILES string of the molecule is Cc1cc(F)ccc1S(=O)(=O)NCC[C@H](O)c1cccs1. The van der Waals surface area contributed by atoms with Crippen LogP contribution in [0.5, 0.6) is 0 Å². The Labute approximate surface area is 127 Å². The molecule has 0 spiro atoms. The lowest BCUT2D eigenvalue weighted by molar-refractivity contribution is 0.173. The topological polar surface area (TPSA) is 66.4 Å². The van der Waals surface area contributed by atoms with E-state index in [2.05, 4.69) is 4.72 Å². The molecular formula is C14H16FNO3S2. The minimum absolute atomic E-state index is 0.0505. The summed E-state index contributed by atoms with van der Waals surface area (Å²) in [6, 6.07) is 7.16. The van der Waals surface area contributed by atoms with E-state index in [1.165, 1.54) is 30.4 Å². The molecule has 2 aromatic rings. The molecule has 0 radical (unpaired) electrons. The number of nitrogens with one attached hydrogen (secondary N) is 1. The Morgan fingerprint density at radius 2 is 2.14 bits per heavy atom. The summed E-state index contributed by atoms with van der Waals surface area (Å²) in [5.74, 6) is -0.473. The Morgan fingerprint density at radius 1 is 1.38 bits per heavy atom. The van der Waals surface area contributed by atoms with Gasteiger partial charge in [-0.2, -0.15) is 0 Å². The van der Waals surface area contributed by atoms with Crippen LogP contribution < -0.4 is 4.72 Å². The highest BCUT2D eigenvalue weighted by Crippen LogP contribution is 2.21. The molecule has 1 atom stereocenters. The molecule has 0 fully saturated rings. The Hall–Kier alpha value is -1.28. The quantitative estimate of drug-likeness (QED) is 0.856. The van der Waals surface area contributed by atoms with Crippen LogP contribution in [0.3, 0.4) is 0 Å². The highest BCUT2D eigenvalue weighted by atomic mass is 32.2. The third kappa shape index (κ3) is 4.10. The molecule has 0 bridgehead atoms. The van der Waals surface area contributed by atoms with Crippen molar-refractivity contribution in [2.75, 3.05) is 6.54 Å². The summed E-state index contributed by atoms with van der Waals surface area (Å²) in [5, 5.41) is 11.7. The predicted molar refractivity (Wildman–Crippen MR) is 80.2 cm³/mol. The zero-order valence-electron chi connectivity index (χ0n) is 11.4. The second-order valence-corrected chi connectivity index (χ2v) is 7.34. The van der Waals surface area contributed by atoms with Gasteiger partial charge in [0.25, 0.3) is 0 Å². The van der Waals surface area contributed by atoms with Crippen LogP contribution in [0.1, 0.15) is 23.0 Å². The van der Waals surface area contributed by atoms with Gasteiger partial charge in [-0.3, -0.25) is 0 Å². The maximum Gasteiger partial charge on any atom is 0.240 e. The molecule has 21 heavy (non-hydrogen) atoms. The number of aliphatic hydroxyl groups excluding tert-OH is 1. The summed E-state index contributed by atoms with van der Waals surface area (Å²) >= 11 is 1.42. The number of aliphatic hydroxyl groups is 1. The Balaban J connectivity index is 1.98. The fraction of sp³-hybridized carbons (Fsp3) is 0.286. The average Bonchev–Trinajstić information content (AvgIpc) is 2.91. The first kappa shape index (κ1) is 16.1. The van der Waals surface area contributed by atoms with Gasteiger partial charge in [0.05, 0.1) is 11.0 Å². The Kier molecular flexibility index (Phi) is 5.10. The van der Waals surface area contributed by atoms with Gasteiger partial charge in [-0.25, -0.2) is 17.5 Å². The van der Waals surface area contributed by atoms with Crippen molar-refractivity contribution in [3.63, 3.8) is 0 Å². The fourth-order valence-corrected chi connectivity index (χ4v) is 3.96. The van der Waals surface area contributed by atoms with E-state index >= 15 is 0 Å². The van der Waals surface area contributed by atoms with Crippen molar-refractivity contribution in [2.24, 2.45) is 0 Å². The standard InChI is InChI=1S/C14H16FNO3S2/c1-10-9-11(15)4-5-14(10)21(18,19)16-7-6-12(17)13-3-2-8-20-13/h2-5,8-9,12,16-17H,6-7H2,1H3/t12-/m0/s1. The number of rotatable bonds is 6. The van der Waals surface area contributed by atoms with Crippen LogP contribution in [0.25, 0.3) is 0 Å². The van der Waals surface area contributed by atoms with Crippen molar-refractivity contribution in [2.45, 2.75) is 24.3 Å². The van der Waals surface area contributed by atoms with E-state index in [-0.39, 0.29) is 17.9 Å². The normalized spacial score (nSPS) is 13.3. The minimum atomic E-state index is -3.70. The highest BCUT2D eigenvalue weighted by molar-refractivity contribution is 7.89. The lowest BCUT2D eigenvalue weighted by atomic mass is 10.2. The van der Waals surface area contributed by atoms with Gasteiger partial charge in [0.1, 0.15) is 5.82 Å². The smallest absolute Gasteiger partial charge is 0.240 e. The van der Waals surface area contributed by atoms with Crippen molar-refractivity contribution in [1.29, 1.82) is 0 Å². The zero-order valence-corrected chi connectivity index (χ0v) is 13.0. The maximum absolute atomic E-state index is 13.0. The first-order valence-corrected chi connectivity index (χ1v) is 8.74. The van der Waals surface area contributed by atoms with Crippen LogP contribution >= 0.6 is 11.3 Å². The van der Waals surface area contributed by atoms with E-state index in [1.54, 1.807) is 6.07 Å². The zero-order chi connectivity index (χ0) is 15.5. The van der Waals surface area contributed by atoms with Crippen molar-refractivity contribution in [3.05, 3.63) is 52.0 Å². The minimum Gasteiger partial charge on any atom is -0.388 e. The van der Waals surface area contributed by atoms with Crippen LogP contribution in [0.2, 0.25) is 0 Å². The molecule has 114 valence electrons. The van der Waals surface area contributed by atoms with Crippen LogP contribution in [0, 0.1) is 12.7 Å². The van der Waals surface area contributed by atoms with E-state index in [1.807, 2.05) is 11.4 Å². The summed E-state index contributed by atoms with van der Waals surface area (Å²) < 4.78 is 39.7. The van der Waals surface area contributed by atoms with Crippen molar-refractivity contribution in [1.82, 2.24) is 4.72 Å². The fourth-order valence-electron chi connectivity index (χ4n) is 1.95. The number of halogens is 1. The van der Waals surface area contributed by atoms with Crippen molar-refractivity contribution < 1.29 is 17.9 Å². The van der Waals surface area contributed by atoms with E-state index < -0.39 is 21.9 Å². The monoisotopic (exact) mass is 329 g/mol. The molecule has 0 saturated heterocycles. The molecule has 1 heterocycles. The summed E-state index contributed by atoms with van der Waals surface area (Å²) in [5.41, 5.74) is 0.348. The lowest BCUT2D eigenvalue weighted by Crippen LogP contribution is -2.26. The van der Waals surface area contributed by atoms with Gasteiger partial charge in [0, 0.05) is 11.4 Å². The molecule has 0 unspecified atom stereocenters. The van der Waals surface area contributed by atoms with Gasteiger partial charge < -0.3 is 5.11 Å². The molecular weight excluding hydrogens is 313 g/mol. The molecule has 1 aromatic heterocycles. The number of aryl methyl sites for hydroxylation is 1. The number of hydrogen-bond donors (Lipinski definition) is 2. The number of thiophene rings is 1. The van der Waals surface area contributed by atoms with Crippen LogP contribution in [-0.4, -0.2) is 20.1 Å². The maximum atomic E-state index is 13.0. The predicted octanol–water partition coefficient (Wildman–Crippen LogP) is 2.60. The van der Waals surface area contributed by atoms with E-state index in [0.717, 1.165) is 10.9 Å². The lowest BCUT2D eigenvalue weighted by Gasteiger charge is -2.11. The van der Waals surface area contributed by atoms with Gasteiger partial charge >= 0.3 is 0 Å². The van der Waals surface area contributed by atoms with Crippen molar-refractivity contribution in [3.8, 4) is 0 Å². The van der Waals surface area contributed by atoms with Gasteiger partial charge in [-0.15, -0.1) is 11.3 Å². The summed E-state index contributed by atoms with van der Waals surface area (Å²) in [7, 11) is -3.70. The second-order valence-electron chi connectivity index (χ2n) is 4.63.